The molecule has 168 valence electrons. The van der Waals surface area contributed by atoms with E-state index in [0.717, 1.165) is 11.3 Å². The lowest BCUT2D eigenvalue weighted by atomic mass is 10.3. The maximum absolute atomic E-state index is 12.8. The van der Waals surface area contributed by atoms with Crippen LogP contribution in [-0.2, 0) is 16.8 Å². The Labute approximate surface area is 187 Å². The van der Waals surface area contributed by atoms with E-state index >= 15 is 0 Å². The summed E-state index contributed by atoms with van der Waals surface area (Å²) in [6, 6.07) is 10.8. The van der Waals surface area contributed by atoms with Gasteiger partial charge in [0.1, 0.15) is 4.21 Å². The first-order valence-electron chi connectivity index (χ1n) is 9.59. The van der Waals surface area contributed by atoms with Crippen LogP contribution in [0, 0.1) is 10.1 Å². The average Bonchev–Trinajstić information content (AvgIpc) is 3.50. The highest BCUT2D eigenvalue weighted by Crippen LogP contribution is 2.26. The molecule has 0 spiro atoms. The molecular weight excluding hydrogens is 458 g/mol. The smallest absolute Gasteiger partial charge is 0.311 e. The predicted octanol–water partition coefficient (Wildman–Crippen LogP) is 2.04. The van der Waals surface area contributed by atoms with E-state index in [4.69, 9.17) is 4.74 Å². The number of rotatable bonds is 7. The summed E-state index contributed by atoms with van der Waals surface area (Å²) in [4.78, 5) is 24.9. The van der Waals surface area contributed by atoms with Crippen LogP contribution in [0.25, 0.3) is 0 Å². The van der Waals surface area contributed by atoms with E-state index in [-0.39, 0.29) is 60.2 Å². The summed E-state index contributed by atoms with van der Waals surface area (Å²) in [5, 5.41) is 17.0. The van der Waals surface area contributed by atoms with Gasteiger partial charge in [0.05, 0.1) is 4.92 Å². The van der Waals surface area contributed by atoms with Gasteiger partial charge < -0.3 is 9.64 Å². The third-order valence-corrected chi connectivity index (χ3v) is 8.16. The lowest BCUT2D eigenvalue weighted by Crippen LogP contribution is -2.50. The summed E-state index contributed by atoms with van der Waals surface area (Å²) in [5.41, 5.74) is 0.0250. The zero-order valence-corrected chi connectivity index (χ0v) is 18.4. The van der Waals surface area contributed by atoms with E-state index in [1.807, 2.05) is 0 Å². The Balaban J connectivity index is 1.35. The van der Waals surface area contributed by atoms with Gasteiger partial charge in [0.2, 0.25) is 0 Å². The van der Waals surface area contributed by atoms with Gasteiger partial charge in [-0.3, -0.25) is 14.9 Å². The van der Waals surface area contributed by atoms with Gasteiger partial charge >= 0.3 is 5.69 Å². The number of nitro groups is 1. The van der Waals surface area contributed by atoms with Crippen molar-refractivity contribution in [3.05, 3.63) is 69.8 Å². The second kappa shape index (κ2) is 9.06. The lowest BCUT2D eigenvalue weighted by molar-refractivity contribution is -0.386. The van der Waals surface area contributed by atoms with Crippen molar-refractivity contribution in [1.82, 2.24) is 19.0 Å². The van der Waals surface area contributed by atoms with Crippen molar-refractivity contribution in [2.24, 2.45) is 0 Å². The van der Waals surface area contributed by atoms with Gasteiger partial charge in [-0.05, 0) is 23.6 Å². The van der Waals surface area contributed by atoms with Crippen molar-refractivity contribution in [3.63, 3.8) is 0 Å². The molecule has 0 aliphatic carbocycles. The van der Waals surface area contributed by atoms with Gasteiger partial charge in [0.15, 0.2) is 18.2 Å². The Morgan fingerprint density at radius 1 is 1.12 bits per heavy atom. The molecule has 0 atom stereocenters. The summed E-state index contributed by atoms with van der Waals surface area (Å²) < 4.78 is 33.7. The molecule has 0 saturated carbocycles. The molecule has 3 aromatic rings. The fraction of sp³-hybridized carbons (Fsp3) is 0.263. The summed E-state index contributed by atoms with van der Waals surface area (Å²) >= 11 is 1.16. The van der Waals surface area contributed by atoms with Crippen LogP contribution in [0.1, 0.15) is 10.5 Å². The molecule has 3 heterocycles. The fourth-order valence-corrected chi connectivity index (χ4v) is 5.81. The number of carbonyl (C=O) groups excluding carboxylic acids is 1. The molecule has 1 aliphatic rings. The van der Waals surface area contributed by atoms with Crippen LogP contribution >= 0.6 is 11.3 Å². The molecular formula is C19H19N5O6S2. The van der Waals surface area contributed by atoms with Crippen molar-refractivity contribution in [2.45, 2.75) is 10.9 Å². The molecule has 0 N–H and O–H groups in total. The third-order valence-electron chi connectivity index (χ3n) is 4.89. The standard InChI is InChI=1S/C19H19N5O6S2/c25-19(21-9-11-23(12-10-21)32(28,29)18-6-3-13-31-18)15-7-8-22(20-15)14-30-17-5-2-1-4-16(17)24(26)27/h1-8,13H,9-12,14H2. The largest absolute Gasteiger partial charge is 0.464 e. The number of hydrogen-bond donors (Lipinski definition) is 0. The van der Waals surface area contributed by atoms with Gasteiger partial charge in [0, 0.05) is 38.4 Å². The monoisotopic (exact) mass is 477 g/mol. The highest BCUT2D eigenvalue weighted by atomic mass is 32.2. The number of para-hydroxylation sites is 2. The van der Waals surface area contributed by atoms with Gasteiger partial charge in [-0.2, -0.15) is 9.40 Å². The Hall–Kier alpha value is -3.29. The summed E-state index contributed by atoms with van der Waals surface area (Å²) in [6.07, 6.45) is 1.54. The number of sulfonamides is 1. The Bertz CT molecular complexity index is 1220. The molecule has 0 bridgehead atoms. The number of nitro benzene ring substituents is 1. The van der Waals surface area contributed by atoms with Crippen LogP contribution in [0.15, 0.2) is 58.3 Å². The molecule has 11 nitrogen and oxygen atoms in total. The highest BCUT2D eigenvalue weighted by Gasteiger charge is 2.31. The van der Waals surface area contributed by atoms with E-state index in [1.165, 1.54) is 27.2 Å². The Kier molecular flexibility index (Phi) is 6.21. The van der Waals surface area contributed by atoms with Gasteiger partial charge in [-0.1, -0.05) is 18.2 Å². The molecule has 1 saturated heterocycles. The number of nitrogens with zero attached hydrogens (tertiary/aromatic N) is 5. The number of ether oxygens (including phenoxy) is 1. The summed E-state index contributed by atoms with van der Waals surface area (Å²) in [7, 11) is -3.54. The molecule has 4 rings (SSSR count). The van der Waals surface area contributed by atoms with Crippen LogP contribution in [0.4, 0.5) is 5.69 Å². The number of hydrogen-bond acceptors (Lipinski definition) is 8. The first-order chi connectivity index (χ1) is 15.4. The quantitative estimate of drug-likeness (QED) is 0.376. The number of benzene rings is 1. The van der Waals surface area contributed by atoms with Crippen LogP contribution in [0.5, 0.6) is 5.75 Å². The van der Waals surface area contributed by atoms with Crippen LogP contribution in [0.2, 0.25) is 0 Å². The SMILES string of the molecule is O=C(c1ccn(COc2ccccc2[N+](=O)[O-])n1)N1CCN(S(=O)(=O)c2cccs2)CC1. The van der Waals surface area contributed by atoms with E-state index < -0.39 is 14.9 Å². The molecule has 1 aromatic carbocycles. The first-order valence-corrected chi connectivity index (χ1v) is 11.9. The van der Waals surface area contributed by atoms with Gasteiger partial charge in [0.25, 0.3) is 15.9 Å². The molecule has 32 heavy (non-hydrogen) atoms. The van der Waals surface area contributed by atoms with E-state index in [1.54, 1.807) is 40.7 Å². The molecule has 2 aromatic heterocycles. The van der Waals surface area contributed by atoms with Crippen LogP contribution in [0.3, 0.4) is 0 Å². The Morgan fingerprint density at radius 3 is 2.56 bits per heavy atom. The number of piperazine rings is 1. The topological polar surface area (TPSA) is 128 Å². The second-order valence-electron chi connectivity index (χ2n) is 6.87. The van der Waals surface area contributed by atoms with Crippen molar-refractivity contribution in [1.29, 1.82) is 0 Å². The number of thiophene rings is 1. The summed E-state index contributed by atoms with van der Waals surface area (Å²) in [6.45, 7) is 0.803. The maximum Gasteiger partial charge on any atom is 0.311 e. The molecule has 0 radical (unpaired) electrons. The lowest BCUT2D eigenvalue weighted by Gasteiger charge is -2.33. The summed E-state index contributed by atoms with van der Waals surface area (Å²) in [5.74, 6) is -0.216. The molecule has 0 unspecified atom stereocenters. The highest BCUT2D eigenvalue weighted by molar-refractivity contribution is 7.91. The fourth-order valence-electron chi connectivity index (χ4n) is 3.24. The third kappa shape index (κ3) is 4.49. The molecule has 1 aliphatic heterocycles. The van der Waals surface area contributed by atoms with Gasteiger partial charge in [-0.15, -0.1) is 11.3 Å². The van der Waals surface area contributed by atoms with E-state index in [9.17, 15) is 23.3 Å². The zero-order valence-electron chi connectivity index (χ0n) is 16.7. The number of amides is 1. The van der Waals surface area contributed by atoms with Gasteiger partial charge in [-0.25, -0.2) is 13.1 Å². The number of aromatic nitrogens is 2. The van der Waals surface area contributed by atoms with Crippen molar-refractivity contribution in [2.75, 3.05) is 26.2 Å². The van der Waals surface area contributed by atoms with E-state index in [2.05, 4.69) is 5.10 Å². The van der Waals surface area contributed by atoms with E-state index in [0.29, 0.717) is 0 Å². The zero-order chi connectivity index (χ0) is 22.7. The minimum absolute atomic E-state index is 0.101. The second-order valence-corrected chi connectivity index (χ2v) is 9.98. The van der Waals surface area contributed by atoms with Crippen molar-refractivity contribution < 1.29 is 22.9 Å². The van der Waals surface area contributed by atoms with Crippen molar-refractivity contribution >= 4 is 33.0 Å². The van der Waals surface area contributed by atoms with Crippen molar-refractivity contribution in [3.8, 4) is 5.75 Å². The van der Waals surface area contributed by atoms with Crippen LogP contribution < -0.4 is 4.74 Å². The normalized spacial score (nSPS) is 14.9. The maximum atomic E-state index is 12.8. The Morgan fingerprint density at radius 2 is 1.88 bits per heavy atom. The molecule has 1 fully saturated rings. The predicted molar refractivity (Wildman–Crippen MR) is 115 cm³/mol. The minimum atomic E-state index is -3.54. The number of carbonyl (C=O) groups is 1. The molecule has 1 amide bonds. The first kappa shape index (κ1) is 21.9. The minimum Gasteiger partial charge on any atom is -0.464 e. The van der Waals surface area contributed by atoms with Crippen LogP contribution in [-0.4, -0.2) is 64.4 Å². The molecule has 13 heteroatoms. The average molecular weight is 478 g/mol.